The first kappa shape index (κ1) is 12.6. The molecule has 0 N–H and O–H groups in total. The topological polar surface area (TPSA) is 37.4 Å². The summed E-state index contributed by atoms with van der Waals surface area (Å²) in [5.41, 5.74) is 1.40. The number of hydrogen-bond donors (Lipinski definition) is 0. The second-order valence-corrected chi connectivity index (χ2v) is 6.01. The summed E-state index contributed by atoms with van der Waals surface area (Å²) >= 11 is 0. The Morgan fingerprint density at radius 1 is 0.889 bits per heavy atom. The summed E-state index contributed by atoms with van der Waals surface area (Å²) in [5, 5.41) is 0. The normalized spacial score (nSPS) is 11.2. The quantitative estimate of drug-likeness (QED) is 0.852. The fourth-order valence-corrected chi connectivity index (χ4v) is 3.19. The monoisotopic (exact) mass is 261 g/mol. The van der Waals surface area contributed by atoms with E-state index in [2.05, 4.69) is 0 Å². The summed E-state index contributed by atoms with van der Waals surface area (Å²) in [6.07, 6.45) is 0. The first-order chi connectivity index (χ1) is 8.53. The number of sulfonamides is 1. The van der Waals surface area contributed by atoms with Crippen LogP contribution in [0.4, 0.5) is 5.69 Å². The van der Waals surface area contributed by atoms with Crippen LogP contribution in [-0.4, -0.2) is 15.5 Å². The maximum atomic E-state index is 12.5. The molecule has 0 bridgehead atoms. The molecule has 3 nitrogen and oxygen atoms in total. The molecule has 2 aromatic carbocycles. The van der Waals surface area contributed by atoms with Crippen LogP contribution in [0.2, 0.25) is 0 Å². The molecule has 0 unspecified atom stereocenters. The molecule has 0 radical (unpaired) electrons. The highest BCUT2D eigenvalue weighted by Crippen LogP contribution is 2.23. The Hall–Kier alpha value is -1.81. The van der Waals surface area contributed by atoms with Crippen molar-refractivity contribution < 1.29 is 8.42 Å². The van der Waals surface area contributed by atoms with Crippen LogP contribution in [0.1, 0.15) is 5.56 Å². The molecule has 0 saturated heterocycles. The summed E-state index contributed by atoms with van der Waals surface area (Å²) in [6.45, 7) is 1.80. The van der Waals surface area contributed by atoms with Crippen molar-refractivity contribution in [2.75, 3.05) is 11.4 Å². The Morgan fingerprint density at radius 2 is 1.44 bits per heavy atom. The van der Waals surface area contributed by atoms with Crippen molar-refractivity contribution in [2.45, 2.75) is 11.8 Å². The maximum absolute atomic E-state index is 12.5. The molecule has 0 aromatic heterocycles. The summed E-state index contributed by atoms with van der Waals surface area (Å²) in [7, 11) is -1.92. The third kappa shape index (κ3) is 2.24. The number of aryl methyl sites for hydroxylation is 1. The third-order valence-corrected chi connectivity index (χ3v) is 4.80. The Labute approximate surface area is 108 Å². The average Bonchev–Trinajstić information content (AvgIpc) is 2.39. The number of para-hydroxylation sites is 1. The molecule has 4 heteroatoms. The van der Waals surface area contributed by atoms with Gasteiger partial charge in [0.1, 0.15) is 0 Å². The fourth-order valence-electron chi connectivity index (χ4n) is 1.77. The largest absolute Gasteiger partial charge is 0.269 e. The minimum absolute atomic E-state index is 0.344. The minimum atomic E-state index is -3.49. The predicted molar refractivity (Wildman–Crippen MR) is 73.2 cm³/mol. The van der Waals surface area contributed by atoms with E-state index in [1.54, 1.807) is 44.3 Å². The van der Waals surface area contributed by atoms with Crippen LogP contribution in [0.5, 0.6) is 0 Å². The number of rotatable bonds is 3. The van der Waals surface area contributed by atoms with Gasteiger partial charge >= 0.3 is 0 Å². The Balaban J connectivity index is 2.48. The lowest BCUT2D eigenvalue weighted by atomic mass is 10.2. The van der Waals surface area contributed by atoms with E-state index < -0.39 is 10.0 Å². The molecule has 0 spiro atoms. The smallest absolute Gasteiger partial charge is 0.264 e. The highest BCUT2D eigenvalue weighted by molar-refractivity contribution is 7.92. The van der Waals surface area contributed by atoms with Gasteiger partial charge in [0.15, 0.2) is 0 Å². The van der Waals surface area contributed by atoms with Crippen LogP contribution < -0.4 is 4.31 Å². The van der Waals surface area contributed by atoms with Gasteiger partial charge in [-0.05, 0) is 30.7 Å². The van der Waals surface area contributed by atoms with Crippen molar-refractivity contribution in [1.82, 2.24) is 0 Å². The van der Waals surface area contributed by atoms with Gasteiger partial charge in [-0.3, -0.25) is 4.31 Å². The lowest BCUT2D eigenvalue weighted by molar-refractivity contribution is 0.594. The minimum Gasteiger partial charge on any atom is -0.269 e. The number of nitrogens with zero attached hydrogens (tertiary/aromatic N) is 1. The molecule has 0 aliphatic heterocycles. The van der Waals surface area contributed by atoms with Crippen LogP contribution in [0.15, 0.2) is 59.5 Å². The first-order valence-corrected chi connectivity index (χ1v) is 7.07. The average molecular weight is 261 g/mol. The zero-order chi connectivity index (χ0) is 13.2. The van der Waals surface area contributed by atoms with Gasteiger partial charge in [-0.1, -0.05) is 36.4 Å². The molecule has 0 fully saturated rings. The Morgan fingerprint density at radius 3 is 2.06 bits per heavy atom. The van der Waals surface area contributed by atoms with E-state index in [1.165, 1.54) is 4.31 Å². The molecule has 0 aliphatic carbocycles. The standard InChI is InChI=1S/C14H15NO2S/c1-12-8-6-7-11-14(12)18(16,17)15(2)13-9-4-3-5-10-13/h3-11H,1-2H3. The molecule has 0 amide bonds. The molecule has 0 aliphatic rings. The van der Waals surface area contributed by atoms with Crippen molar-refractivity contribution in [3.05, 3.63) is 60.2 Å². The van der Waals surface area contributed by atoms with E-state index in [9.17, 15) is 8.42 Å². The molecular weight excluding hydrogens is 246 g/mol. The van der Waals surface area contributed by atoms with Gasteiger partial charge in [-0.25, -0.2) is 8.42 Å². The second-order valence-electron chi connectivity index (χ2n) is 4.07. The molecule has 0 saturated carbocycles. The molecule has 2 rings (SSSR count). The Kier molecular flexibility index (Phi) is 3.39. The number of benzene rings is 2. The van der Waals surface area contributed by atoms with Gasteiger partial charge in [-0.15, -0.1) is 0 Å². The highest BCUT2D eigenvalue weighted by atomic mass is 32.2. The number of anilines is 1. The van der Waals surface area contributed by atoms with Crippen LogP contribution in [0.3, 0.4) is 0 Å². The summed E-state index contributed by atoms with van der Waals surface area (Å²) < 4.78 is 26.3. The van der Waals surface area contributed by atoms with Gasteiger partial charge in [0.05, 0.1) is 10.6 Å². The third-order valence-electron chi connectivity index (χ3n) is 2.85. The predicted octanol–water partition coefficient (Wildman–Crippen LogP) is 2.82. The summed E-state index contributed by atoms with van der Waals surface area (Å²) in [5.74, 6) is 0. The lowest BCUT2D eigenvalue weighted by Crippen LogP contribution is -2.27. The highest BCUT2D eigenvalue weighted by Gasteiger charge is 2.22. The van der Waals surface area contributed by atoms with Crippen molar-refractivity contribution in [2.24, 2.45) is 0 Å². The van der Waals surface area contributed by atoms with Crippen LogP contribution in [0, 0.1) is 6.92 Å². The van der Waals surface area contributed by atoms with Crippen LogP contribution >= 0.6 is 0 Å². The first-order valence-electron chi connectivity index (χ1n) is 5.63. The Bertz CT molecular complexity index is 636. The molecular formula is C14H15NO2S. The molecule has 94 valence electrons. The molecule has 18 heavy (non-hydrogen) atoms. The van der Waals surface area contributed by atoms with Crippen LogP contribution in [-0.2, 0) is 10.0 Å². The summed E-state index contributed by atoms with van der Waals surface area (Å²) in [6, 6.07) is 16.0. The van der Waals surface area contributed by atoms with Crippen LogP contribution in [0.25, 0.3) is 0 Å². The van der Waals surface area contributed by atoms with Crippen molar-refractivity contribution >= 4 is 15.7 Å². The summed E-state index contributed by atoms with van der Waals surface area (Å²) in [4.78, 5) is 0.344. The lowest BCUT2D eigenvalue weighted by Gasteiger charge is -2.20. The van der Waals surface area contributed by atoms with E-state index >= 15 is 0 Å². The van der Waals surface area contributed by atoms with E-state index in [-0.39, 0.29) is 0 Å². The van der Waals surface area contributed by atoms with Crippen molar-refractivity contribution in [3.63, 3.8) is 0 Å². The fraction of sp³-hybridized carbons (Fsp3) is 0.143. The van der Waals surface area contributed by atoms with E-state index in [0.29, 0.717) is 10.6 Å². The molecule has 0 heterocycles. The molecule has 0 atom stereocenters. The van der Waals surface area contributed by atoms with Gasteiger partial charge in [-0.2, -0.15) is 0 Å². The zero-order valence-corrected chi connectivity index (χ0v) is 11.2. The van der Waals surface area contributed by atoms with Gasteiger partial charge in [0.2, 0.25) is 0 Å². The van der Waals surface area contributed by atoms with Crippen molar-refractivity contribution in [1.29, 1.82) is 0 Å². The second kappa shape index (κ2) is 4.82. The van der Waals surface area contributed by atoms with E-state index in [0.717, 1.165) is 5.56 Å². The number of hydrogen-bond acceptors (Lipinski definition) is 2. The van der Waals surface area contributed by atoms with E-state index in [4.69, 9.17) is 0 Å². The van der Waals surface area contributed by atoms with Crippen molar-refractivity contribution in [3.8, 4) is 0 Å². The van der Waals surface area contributed by atoms with Gasteiger partial charge in [0.25, 0.3) is 10.0 Å². The zero-order valence-electron chi connectivity index (χ0n) is 10.4. The SMILES string of the molecule is Cc1ccccc1S(=O)(=O)N(C)c1ccccc1. The molecule has 2 aromatic rings. The van der Waals surface area contributed by atoms with E-state index in [1.807, 2.05) is 24.3 Å². The maximum Gasteiger partial charge on any atom is 0.264 e. The van der Waals surface area contributed by atoms with Gasteiger partial charge in [0, 0.05) is 7.05 Å². The van der Waals surface area contributed by atoms with Gasteiger partial charge < -0.3 is 0 Å².